The van der Waals surface area contributed by atoms with Gasteiger partial charge in [-0.15, -0.1) is 0 Å². The number of carbonyl (C=O) groups is 2. The first kappa shape index (κ1) is 15.7. The number of ketones is 1. The Morgan fingerprint density at radius 3 is 2.58 bits per heavy atom. The highest BCUT2D eigenvalue weighted by atomic mass is 19.4. The molecule has 0 aromatic rings. The Labute approximate surface area is 109 Å². The largest absolute Gasteiger partial charge is 0.456 e. The van der Waals surface area contributed by atoms with Gasteiger partial charge in [-0.2, -0.15) is 13.2 Å². The number of ether oxygens (including phenoxy) is 1. The second-order valence-electron chi connectivity index (χ2n) is 4.75. The van der Waals surface area contributed by atoms with Crippen molar-refractivity contribution in [2.24, 2.45) is 11.8 Å². The molecule has 1 aliphatic carbocycles. The minimum atomic E-state index is -4.51. The van der Waals surface area contributed by atoms with Gasteiger partial charge in [-0.3, -0.25) is 9.59 Å². The Morgan fingerprint density at radius 2 is 2.00 bits per heavy atom. The highest BCUT2D eigenvalue weighted by molar-refractivity contribution is 5.82. The van der Waals surface area contributed by atoms with Crippen molar-refractivity contribution in [2.45, 2.75) is 38.8 Å². The molecule has 2 unspecified atom stereocenters. The molecule has 2 atom stereocenters. The van der Waals surface area contributed by atoms with Gasteiger partial charge in [-0.1, -0.05) is 12.2 Å². The van der Waals surface area contributed by atoms with Crippen LogP contribution in [0.15, 0.2) is 12.2 Å². The highest BCUT2D eigenvalue weighted by Crippen LogP contribution is 2.34. The normalized spacial score (nSPS) is 24.1. The second-order valence-corrected chi connectivity index (χ2v) is 4.75. The molecular formula is C13H17F3O3. The van der Waals surface area contributed by atoms with Crippen LogP contribution in [0.5, 0.6) is 0 Å². The lowest BCUT2D eigenvalue weighted by atomic mass is 9.90. The van der Waals surface area contributed by atoms with E-state index in [0.717, 1.165) is 0 Å². The third-order valence-corrected chi connectivity index (χ3v) is 3.15. The van der Waals surface area contributed by atoms with Gasteiger partial charge in [-0.05, 0) is 25.2 Å². The zero-order chi connectivity index (χ0) is 14.5. The van der Waals surface area contributed by atoms with Gasteiger partial charge >= 0.3 is 12.1 Å². The molecule has 1 aliphatic rings. The molecule has 6 heteroatoms. The van der Waals surface area contributed by atoms with Crippen LogP contribution in [0, 0.1) is 11.8 Å². The van der Waals surface area contributed by atoms with Crippen LogP contribution in [0.1, 0.15) is 32.6 Å². The predicted octanol–water partition coefficient (Wildman–Crippen LogP) is 3.04. The van der Waals surface area contributed by atoms with Gasteiger partial charge < -0.3 is 4.74 Å². The molecule has 0 amide bonds. The summed E-state index contributed by atoms with van der Waals surface area (Å²) in [6, 6.07) is 0. The van der Waals surface area contributed by atoms with Crippen LogP contribution in [0.2, 0.25) is 0 Å². The van der Waals surface area contributed by atoms with E-state index in [1.807, 2.05) is 19.1 Å². The van der Waals surface area contributed by atoms with Gasteiger partial charge in [-0.25, -0.2) is 0 Å². The third kappa shape index (κ3) is 5.89. The van der Waals surface area contributed by atoms with E-state index in [4.69, 9.17) is 0 Å². The second kappa shape index (κ2) is 6.73. The molecule has 0 spiro atoms. The number of allylic oxidation sites excluding steroid dienone is 2. The Kier molecular flexibility index (Phi) is 5.57. The minimum absolute atomic E-state index is 0.0298. The smallest absolute Gasteiger partial charge is 0.422 e. The van der Waals surface area contributed by atoms with Crippen LogP contribution < -0.4 is 0 Å². The molecule has 0 radical (unpaired) electrons. The zero-order valence-electron chi connectivity index (χ0n) is 10.7. The Bertz CT molecular complexity index is 361. The van der Waals surface area contributed by atoms with Crippen LogP contribution in [-0.4, -0.2) is 24.5 Å². The van der Waals surface area contributed by atoms with E-state index in [1.54, 1.807) is 0 Å². The Hall–Kier alpha value is -1.33. The summed E-state index contributed by atoms with van der Waals surface area (Å²) in [5, 5.41) is 0. The van der Waals surface area contributed by atoms with E-state index in [-0.39, 0.29) is 30.5 Å². The molecule has 108 valence electrons. The topological polar surface area (TPSA) is 43.4 Å². The molecule has 0 aliphatic heterocycles. The summed E-state index contributed by atoms with van der Waals surface area (Å²) in [5.41, 5.74) is 0. The molecule has 0 aromatic heterocycles. The number of rotatable bonds is 5. The van der Waals surface area contributed by atoms with Gasteiger partial charge in [0, 0.05) is 19.3 Å². The summed E-state index contributed by atoms with van der Waals surface area (Å²) in [5.74, 6) is -1.00. The lowest BCUT2D eigenvalue weighted by Crippen LogP contribution is -2.22. The average Bonchev–Trinajstić information content (AvgIpc) is 2.63. The summed E-state index contributed by atoms with van der Waals surface area (Å²) in [4.78, 5) is 22.7. The van der Waals surface area contributed by atoms with E-state index >= 15 is 0 Å². The molecule has 0 bridgehead atoms. The molecule has 1 fully saturated rings. The maximum absolute atomic E-state index is 11.9. The minimum Gasteiger partial charge on any atom is -0.456 e. The molecule has 19 heavy (non-hydrogen) atoms. The first-order valence-electron chi connectivity index (χ1n) is 6.17. The number of esters is 1. The summed E-state index contributed by atoms with van der Waals surface area (Å²) < 4.78 is 39.8. The zero-order valence-corrected chi connectivity index (χ0v) is 10.7. The number of hydrogen-bond acceptors (Lipinski definition) is 3. The van der Waals surface area contributed by atoms with Crippen molar-refractivity contribution in [3.8, 4) is 0 Å². The Morgan fingerprint density at radius 1 is 1.37 bits per heavy atom. The van der Waals surface area contributed by atoms with Crippen molar-refractivity contribution in [3.63, 3.8) is 0 Å². The molecule has 1 rings (SSSR count). The van der Waals surface area contributed by atoms with E-state index in [9.17, 15) is 22.8 Å². The number of carbonyl (C=O) groups excluding carboxylic acids is 2. The van der Waals surface area contributed by atoms with E-state index in [0.29, 0.717) is 12.8 Å². The first-order valence-corrected chi connectivity index (χ1v) is 6.17. The fraction of sp³-hybridized carbons (Fsp3) is 0.692. The van der Waals surface area contributed by atoms with Gasteiger partial charge in [0.15, 0.2) is 6.61 Å². The fourth-order valence-electron chi connectivity index (χ4n) is 2.26. The molecule has 0 N–H and O–H groups in total. The first-order chi connectivity index (χ1) is 8.81. The lowest BCUT2D eigenvalue weighted by Gasteiger charge is -2.16. The van der Waals surface area contributed by atoms with Crippen LogP contribution in [0.4, 0.5) is 13.2 Å². The van der Waals surface area contributed by atoms with E-state index in [2.05, 4.69) is 4.74 Å². The maximum Gasteiger partial charge on any atom is 0.422 e. The van der Waals surface area contributed by atoms with E-state index in [1.165, 1.54) is 0 Å². The summed E-state index contributed by atoms with van der Waals surface area (Å²) >= 11 is 0. The molecule has 0 aromatic carbocycles. The van der Waals surface area contributed by atoms with Gasteiger partial charge in [0.05, 0.1) is 0 Å². The summed E-state index contributed by atoms with van der Waals surface area (Å²) in [6.07, 6.45) is 0.430. The van der Waals surface area contributed by atoms with Gasteiger partial charge in [0.1, 0.15) is 5.78 Å². The highest BCUT2D eigenvalue weighted by Gasteiger charge is 2.35. The van der Waals surface area contributed by atoms with Crippen molar-refractivity contribution >= 4 is 11.8 Å². The third-order valence-electron chi connectivity index (χ3n) is 3.15. The Balaban J connectivity index is 2.45. The number of Topliss-reactive ketones (excluding diaryl/α,β-unsaturated/α-hetero) is 1. The van der Waals surface area contributed by atoms with Crippen LogP contribution in [0.3, 0.4) is 0 Å². The molecule has 0 heterocycles. The number of hydrogen-bond donors (Lipinski definition) is 0. The van der Waals surface area contributed by atoms with Gasteiger partial charge in [0.25, 0.3) is 0 Å². The molecule has 3 nitrogen and oxygen atoms in total. The van der Waals surface area contributed by atoms with Crippen molar-refractivity contribution in [2.75, 3.05) is 6.61 Å². The van der Waals surface area contributed by atoms with Crippen molar-refractivity contribution < 1.29 is 27.5 Å². The monoisotopic (exact) mass is 278 g/mol. The maximum atomic E-state index is 11.9. The predicted molar refractivity (Wildman–Crippen MR) is 62.3 cm³/mol. The fourth-order valence-corrected chi connectivity index (χ4v) is 2.26. The summed E-state index contributed by atoms with van der Waals surface area (Å²) in [6.45, 7) is 0.287. The quantitative estimate of drug-likeness (QED) is 0.573. The van der Waals surface area contributed by atoms with E-state index < -0.39 is 18.8 Å². The molecule has 1 saturated carbocycles. The van der Waals surface area contributed by atoms with Crippen molar-refractivity contribution in [1.29, 1.82) is 0 Å². The number of halogens is 3. The van der Waals surface area contributed by atoms with Crippen LogP contribution in [0.25, 0.3) is 0 Å². The summed E-state index contributed by atoms with van der Waals surface area (Å²) in [7, 11) is 0. The standard InChI is InChI=1S/C13H17F3O3/c1-2-3-4-9-5-11(17)6-10(9)7-12(18)19-8-13(14,15)16/h2-3,9-10H,4-8H2,1H3. The average molecular weight is 278 g/mol. The lowest BCUT2D eigenvalue weighted by molar-refractivity contribution is -0.187. The SMILES string of the molecule is CC=CCC1CC(=O)CC1CC(=O)OCC(F)(F)F. The van der Waals surface area contributed by atoms with Crippen LogP contribution >= 0.6 is 0 Å². The van der Waals surface area contributed by atoms with Gasteiger partial charge in [0.2, 0.25) is 0 Å². The van der Waals surface area contributed by atoms with Crippen LogP contribution in [-0.2, 0) is 14.3 Å². The number of alkyl halides is 3. The molecular weight excluding hydrogens is 261 g/mol. The van der Waals surface area contributed by atoms with Crippen molar-refractivity contribution in [1.82, 2.24) is 0 Å². The van der Waals surface area contributed by atoms with Crippen molar-refractivity contribution in [3.05, 3.63) is 12.2 Å². The molecule has 0 saturated heterocycles.